The highest BCUT2D eigenvalue weighted by Gasteiger charge is 2.38. The van der Waals surface area contributed by atoms with Crippen molar-refractivity contribution in [1.29, 1.82) is 0 Å². The third-order valence-corrected chi connectivity index (χ3v) is 5.72. The second kappa shape index (κ2) is 7.46. The number of amides is 4. The van der Waals surface area contributed by atoms with Gasteiger partial charge in [-0.3, -0.25) is 19.4 Å². The van der Waals surface area contributed by atoms with Crippen molar-refractivity contribution in [2.24, 2.45) is 0 Å². The molecule has 0 atom stereocenters. The van der Waals surface area contributed by atoms with Gasteiger partial charge in [0.1, 0.15) is 5.57 Å². The molecule has 4 rings (SSSR count). The molecule has 30 heavy (non-hydrogen) atoms. The molecule has 0 unspecified atom stereocenters. The Labute approximate surface area is 178 Å². The molecule has 0 bridgehead atoms. The Morgan fingerprint density at radius 3 is 2.13 bits per heavy atom. The van der Waals surface area contributed by atoms with Crippen LogP contribution in [-0.2, 0) is 16.1 Å². The second-order valence-corrected chi connectivity index (χ2v) is 7.73. The molecule has 152 valence electrons. The number of rotatable bonds is 3. The van der Waals surface area contributed by atoms with Crippen LogP contribution in [0, 0.1) is 6.92 Å². The van der Waals surface area contributed by atoms with Crippen molar-refractivity contribution in [2.75, 3.05) is 14.1 Å². The van der Waals surface area contributed by atoms with Gasteiger partial charge in [0.25, 0.3) is 11.8 Å². The predicted octanol–water partition coefficient (Wildman–Crippen LogP) is 4.09. The van der Waals surface area contributed by atoms with E-state index in [1.165, 1.54) is 14.1 Å². The maximum atomic E-state index is 12.6. The molecular formula is C23H20ClN3O3. The largest absolute Gasteiger partial charge is 0.340 e. The molecule has 1 aromatic heterocycles. The lowest BCUT2D eigenvalue weighted by molar-refractivity contribution is -0.134. The van der Waals surface area contributed by atoms with Crippen LogP contribution in [-0.4, -0.2) is 46.3 Å². The Kier molecular flexibility index (Phi) is 4.95. The summed E-state index contributed by atoms with van der Waals surface area (Å²) in [6, 6.07) is 14.8. The molecule has 1 fully saturated rings. The second-order valence-electron chi connectivity index (χ2n) is 7.30. The quantitative estimate of drug-likeness (QED) is 0.472. The molecule has 3 aromatic rings. The highest BCUT2D eigenvalue weighted by Crippen LogP contribution is 2.30. The minimum Gasteiger partial charge on any atom is -0.340 e. The van der Waals surface area contributed by atoms with Crippen molar-refractivity contribution in [3.63, 3.8) is 0 Å². The number of barbiturate groups is 1. The fourth-order valence-electron chi connectivity index (χ4n) is 3.74. The number of imide groups is 2. The van der Waals surface area contributed by atoms with Gasteiger partial charge in [0.2, 0.25) is 0 Å². The van der Waals surface area contributed by atoms with Crippen LogP contribution in [0.3, 0.4) is 0 Å². The van der Waals surface area contributed by atoms with Gasteiger partial charge in [0.15, 0.2) is 0 Å². The molecule has 1 saturated heterocycles. The van der Waals surface area contributed by atoms with Gasteiger partial charge >= 0.3 is 6.03 Å². The summed E-state index contributed by atoms with van der Waals surface area (Å²) in [5.41, 5.74) is 3.74. The van der Waals surface area contributed by atoms with Crippen LogP contribution < -0.4 is 0 Å². The molecule has 4 amide bonds. The number of hydrogen-bond donors (Lipinski definition) is 0. The Morgan fingerprint density at radius 1 is 0.900 bits per heavy atom. The zero-order valence-corrected chi connectivity index (χ0v) is 17.6. The van der Waals surface area contributed by atoms with E-state index >= 15 is 0 Å². The number of benzene rings is 2. The smallest absolute Gasteiger partial charge is 0.333 e. The van der Waals surface area contributed by atoms with Crippen molar-refractivity contribution >= 4 is 46.4 Å². The minimum atomic E-state index is -0.635. The van der Waals surface area contributed by atoms with Crippen molar-refractivity contribution in [3.05, 3.63) is 75.9 Å². The number of urea groups is 1. The molecule has 0 aliphatic carbocycles. The summed E-state index contributed by atoms with van der Waals surface area (Å²) in [5.74, 6) is -1.20. The fourth-order valence-corrected chi connectivity index (χ4v) is 3.86. The lowest BCUT2D eigenvalue weighted by atomic mass is 10.0. The lowest BCUT2D eigenvalue weighted by Crippen LogP contribution is -2.52. The van der Waals surface area contributed by atoms with Gasteiger partial charge in [-0.15, -0.1) is 0 Å². The van der Waals surface area contributed by atoms with E-state index in [0.29, 0.717) is 11.6 Å². The van der Waals surface area contributed by atoms with Crippen LogP contribution in [0.5, 0.6) is 0 Å². The van der Waals surface area contributed by atoms with Gasteiger partial charge in [0, 0.05) is 47.8 Å². The van der Waals surface area contributed by atoms with E-state index < -0.39 is 17.8 Å². The van der Waals surface area contributed by atoms with Gasteiger partial charge in [-0.05, 0) is 36.8 Å². The maximum absolute atomic E-state index is 12.6. The third kappa shape index (κ3) is 3.19. The number of carbonyl (C=O) groups excluding carboxylic acids is 3. The number of hydrogen-bond acceptors (Lipinski definition) is 3. The average molecular weight is 422 g/mol. The van der Waals surface area contributed by atoms with Crippen molar-refractivity contribution < 1.29 is 14.4 Å². The highest BCUT2D eigenvalue weighted by atomic mass is 35.5. The molecule has 0 radical (unpaired) electrons. The molecule has 2 heterocycles. The van der Waals surface area contributed by atoms with Crippen LogP contribution in [0.4, 0.5) is 4.79 Å². The summed E-state index contributed by atoms with van der Waals surface area (Å²) in [5, 5.41) is 1.61. The molecule has 1 aliphatic rings. The van der Waals surface area contributed by atoms with E-state index in [2.05, 4.69) is 4.57 Å². The summed E-state index contributed by atoms with van der Waals surface area (Å²) >= 11 is 6.00. The molecule has 2 aromatic carbocycles. The van der Waals surface area contributed by atoms with Gasteiger partial charge in [-0.25, -0.2) is 4.79 Å². The Balaban J connectivity index is 1.86. The maximum Gasteiger partial charge on any atom is 0.333 e. The first-order chi connectivity index (χ1) is 14.3. The minimum absolute atomic E-state index is 0.0305. The Hall–Kier alpha value is -3.38. The van der Waals surface area contributed by atoms with E-state index in [1.54, 1.807) is 6.08 Å². The van der Waals surface area contributed by atoms with Gasteiger partial charge in [-0.2, -0.15) is 0 Å². The fraction of sp³-hybridized carbons (Fsp3) is 0.174. The first kappa shape index (κ1) is 19.9. The number of fused-ring (bicyclic) bond motifs is 1. The SMILES string of the molecule is Cc1c(C=C2C(=O)N(C)C(=O)N(C)C2=O)c2ccccc2n1Cc1ccc(Cl)cc1. The van der Waals surface area contributed by atoms with Crippen molar-refractivity contribution in [1.82, 2.24) is 14.4 Å². The summed E-state index contributed by atoms with van der Waals surface area (Å²) in [4.78, 5) is 39.2. The van der Waals surface area contributed by atoms with Crippen LogP contribution in [0.15, 0.2) is 54.1 Å². The summed E-state index contributed by atoms with van der Waals surface area (Å²) in [6.45, 7) is 2.57. The zero-order chi connectivity index (χ0) is 21.6. The van der Waals surface area contributed by atoms with Gasteiger partial charge in [0.05, 0.1) is 0 Å². The highest BCUT2D eigenvalue weighted by molar-refractivity contribution is 6.31. The molecule has 1 aliphatic heterocycles. The van der Waals surface area contributed by atoms with Crippen molar-refractivity contribution in [3.8, 4) is 0 Å². The van der Waals surface area contributed by atoms with E-state index in [9.17, 15) is 14.4 Å². The average Bonchev–Trinajstić information content (AvgIpc) is 3.01. The standard InChI is InChI=1S/C23H20ClN3O3/c1-14-18(12-19-21(28)25(2)23(30)26(3)22(19)29)17-6-4-5-7-20(17)27(14)13-15-8-10-16(24)11-9-15/h4-12H,13H2,1-3H3. The van der Waals surface area contributed by atoms with E-state index in [0.717, 1.165) is 37.5 Å². The molecule has 0 N–H and O–H groups in total. The third-order valence-electron chi connectivity index (χ3n) is 5.47. The first-order valence-electron chi connectivity index (χ1n) is 9.43. The molecule has 7 heteroatoms. The summed E-state index contributed by atoms with van der Waals surface area (Å²) < 4.78 is 2.14. The lowest BCUT2D eigenvalue weighted by Gasteiger charge is -2.28. The molecule has 6 nitrogen and oxygen atoms in total. The van der Waals surface area contributed by atoms with E-state index in [-0.39, 0.29) is 5.57 Å². The van der Waals surface area contributed by atoms with Crippen LogP contribution in [0.2, 0.25) is 5.02 Å². The first-order valence-corrected chi connectivity index (χ1v) is 9.81. The number of carbonyl (C=O) groups is 3. The van der Waals surface area contributed by atoms with Crippen molar-refractivity contribution in [2.45, 2.75) is 13.5 Å². The Bertz CT molecular complexity index is 1200. The van der Waals surface area contributed by atoms with Gasteiger partial charge < -0.3 is 4.57 Å². The van der Waals surface area contributed by atoms with Crippen LogP contribution in [0.25, 0.3) is 17.0 Å². The summed E-state index contributed by atoms with van der Waals surface area (Å²) in [7, 11) is 2.75. The van der Waals surface area contributed by atoms with Crippen LogP contribution >= 0.6 is 11.6 Å². The normalized spacial score (nSPS) is 14.8. The molecular weight excluding hydrogens is 402 g/mol. The number of nitrogens with zero attached hydrogens (tertiary/aromatic N) is 3. The number of likely N-dealkylation sites (N-methyl/N-ethyl adjacent to an activating group) is 2. The number of aromatic nitrogens is 1. The van der Waals surface area contributed by atoms with E-state index in [1.807, 2.05) is 55.5 Å². The predicted molar refractivity (Wildman–Crippen MR) is 116 cm³/mol. The topological polar surface area (TPSA) is 62.6 Å². The Morgan fingerprint density at radius 2 is 1.50 bits per heavy atom. The summed E-state index contributed by atoms with van der Waals surface area (Å²) in [6.07, 6.45) is 1.60. The molecule has 0 saturated carbocycles. The monoisotopic (exact) mass is 421 g/mol. The zero-order valence-electron chi connectivity index (χ0n) is 16.8. The van der Waals surface area contributed by atoms with Gasteiger partial charge in [-0.1, -0.05) is 41.9 Å². The van der Waals surface area contributed by atoms with E-state index in [4.69, 9.17) is 11.6 Å². The molecule has 0 spiro atoms. The number of para-hydroxylation sites is 1. The number of halogens is 1. The van der Waals surface area contributed by atoms with Crippen LogP contribution in [0.1, 0.15) is 16.8 Å².